The molecule has 2 aromatic rings. The number of aromatic nitrogens is 3. The quantitative estimate of drug-likeness (QED) is 0.420. The summed E-state index contributed by atoms with van der Waals surface area (Å²) < 4.78 is 26.1. The van der Waals surface area contributed by atoms with E-state index in [4.69, 9.17) is 9.47 Å². The van der Waals surface area contributed by atoms with Gasteiger partial charge in [0.15, 0.2) is 11.2 Å². The topological polar surface area (TPSA) is 83.3 Å². The van der Waals surface area contributed by atoms with Crippen molar-refractivity contribution in [2.45, 2.75) is 45.4 Å². The first kappa shape index (κ1) is 20.9. The molecule has 0 aliphatic carbocycles. The molecule has 1 aliphatic heterocycles. The number of nitrogens with zero attached hydrogens (tertiary/aromatic N) is 3. The maximum Gasteiger partial charge on any atom is 0.322 e. The normalized spacial score (nSPS) is 24.6. The predicted molar refractivity (Wildman–Crippen MR) is 102 cm³/mol. The van der Waals surface area contributed by atoms with Gasteiger partial charge in [0, 0.05) is 17.3 Å². The number of halogens is 1. The van der Waals surface area contributed by atoms with Crippen LogP contribution in [0.5, 0.6) is 0 Å². The Kier molecular flexibility index (Phi) is 5.93. The van der Waals surface area contributed by atoms with E-state index in [0.717, 1.165) is 0 Å². The van der Waals surface area contributed by atoms with E-state index in [-0.39, 0.29) is 23.7 Å². The number of rotatable bonds is 6. The van der Waals surface area contributed by atoms with E-state index in [9.17, 15) is 14.0 Å². The van der Waals surface area contributed by atoms with Crippen molar-refractivity contribution in [3.63, 3.8) is 0 Å². The Labute approximate surface area is 168 Å². The average molecular weight is 401 g/mol. The third kappa shape index (κ3) is 3.98. The number of Topliss-reactive ketones (excluding diaryl/α,β-unsaturated/α-hetero) is 1. The van der Waals surface area contributed by atoms with Crippen LogP contribution in [-0.2, 0) is 32.0 Å². The van der Waals surface area contributed by atoms with Crippen LogP contribution >= 0.6 is 0 Å². The molecule has 0 unspecified atom stereocenters. The van der Waals surface area contributed by atoms with E-state index in [2.05, 4.69) is 16.9 Å². The summed E-state index contributed by atoms with van der Waals surface area (Å²) in [4.78, 5) is 25.2. The van der Waals surface area contributed by atoms with Gasteiger partial charge in [-0.2, -0.15) is 0 Å². The molecule has 1 aromatic carbocycles. The highest BCUT2D eigenvalue weighted by Crippen LogP contribution is 2.39. The third-order valence-electron chi connectivity index (χ3n) is 5.41. The summed E-state index contributed by atoms with van der Waals surface area (Å²) in [5.41, 5.74) is -0.0379. The third-order valence-corrected chi connectivity index (χ3v) is 5.41. The van der Waals surface area contributed by atoms with Crippen LogP contribution in [-0.4, -0.2) is 46.1 Å². The van der Waals surface area contributed by atoms with Crippen LogP contribution in [0.3, 0.4) is 0 Å². The van der Waals surface area contributed by atoms with Crippen LogP contribution in [0.15, 0.2) is 42.6 Å². The molecule has 0 bridgehead atoms. The second-order valence-corrected chi connectivity index (χ2v) is 7.35. The van der Waals surface area contributed by atoms with Gasteiger partial charge in [-0.1, -0.05) is 30.0 Å². The number of carbonyl (C=O) groups is 2. The summed E-state index contributed by atoms with van der Waals surface area (Å²) in [6.07, 6.45) is 1.35. The molecule has 0 spiro atoms. The number of ether oxygens (including phenoxy) is 2. The number of ketones is 1. The van der Waals surface area contributed by atoms with Crippen LogP contribution in [0.2, 0.25) is 0 Å². The van der Waals surface area contributed by atoms with Crippen molar-refractivity contribution in [3.05, 3.63) is 59.7 Å². The van der Waals surface area contributed by atoms with Gasteiger partial charge in [-0.3, -0.25) is 9.59 Å². The van der Waals surface area contributed by atoms with Crippen LogP contribution in [0, 0.1) is 11.2 Å². The molecule has 1 aliphatic rings. The molecule has 7 nitrogen and oxygen atoms in total. The average Bonchev–Trinajstić information content (AvgIpc) is 3.16. The van der Waals surface area contributed by atoms with Crippen LogP contribution in [0.25, 0.3) is 0 Å². The van der Waals surface area contributed by atoms with Crippen molar-refractivity contribution in [3.8, 4) is 0 Å². The maximum atomic E-state index is 13.8. The molecule has 0 amide bonds. The van der Waals surface area contributed by atoms with E-state index in [1.54, 1.807) is 36.0 Å². The Bertz CT molecular complexity index is 942. The van der Waals surface area contributed by atoms with Gasteiger partial charge in [0.05, 0.1) is 31.6 Å². The molecule has 2 heterocycles. The zero-order valence-electron chi connectivity index (χ0n) is 16.7. The smallest absolute Gasteiger partial charge is 0.322 e. The van der Waals surface area contributed by atoms with Gasteiger partial charge in [-0.25, -0.2) is 9.07 Å². The molecule has 3 atom stereocenters. The van der Waals surface area contributed by atoms with E-state index in [1.165, 1.54) is 20.1 Å². The first-order valence-electron chi connectivity index (χ1n) is 9.37. The largest absolute Gasteiger partial charge is 0.468 e. The van der Waals surface area contributed by atoms with Crippen molar-refractivity contribution in [2.24, 2.45) is 5.41 Å². The maximum absolute atomic E-state index is 13.8. The summed E-state index contributed by atoms with van der Waals surface area (Å²) in [6.45, 7) is 7.27. The van der Waals surface area contributed by atoms with Gasteiger partial charge < -0.3 is 9.47 Å². The fourth-order valence-electron chi connectivity index (χ4n) is 3.53. The fraction of sp³-hybridized carbons (Fsp3) is 0.429. The Morgan fingerprint density at radius 1 is 1.41 bits per heavy atom. The Morgan fingerprint density at radius 3 is 2.83 bits per heavy atom. The van der Waals surface area contributed by atoms with Crippen LogP contribution in [0.4, 0.5) is 4.39 Å². The molecular formula is C21H24FN3O4. The Morgan fingerprint density at radius 2 is 2.14 bits per heavy atom. The summed E-state index contributed by atoms with van der Waals surface area (Å²) >= 11 is 0. The molecule has 8 heteroatoms. The van der Waals surface area contributed by atoms with Crippen LogP contribution in [0.1, 0.15) is 31.5 Å². The lowest BCUT2D eigenvalue weighted by Crippen LogP contribution is -2.55. The molecule has 154 valence electrons. The van der Waals surface area contributed by atoms with Gasteiger partial charge in [0.2, 0.25) is 0 Å². The summed E-state index contributed by atoms with van der Waals surface area (Å²) in [5.74, 6) is -1.32. The second kappa shape index (κ2) is 8.24. The zero-order valence-corrected chi connectivity index (χ0v) is 16.7. The highest BCUT2D eigenvalue weighted by Gasteiger charge is 2.54. The minimum absolute atomic E-state index is 0.255. The van der Waals surface area contributed by atoms with Crippen molar-refractivity contribution < 1.29 is 23.5 Å². The van der Waals surface area contributed by atoms with Gasteiger partial charge >= 0.3 is 5.97 Å². The fourth-order valence-corrected chi connectivity index (χ4v) is 3.53. The van der Waals surface area contributed by atoms with Crippen molar-refractivity contribution in [1.82, 2.24) is 15.0 Å². The molecule has 29 heavy (non-hydrogen) atoms. The molecule has 1 saturated heterocycles. The van der Waals surface area contributed by atoms with Gasteiger partial charge in [-0.15, -0.1) is 5.10 Å². The van der Waals surface area contributed by atoms with E-state index in [0.29, 0.717) is 24.1 Å². The molecule has 1 fully saturated rings. The van der Waals surface area contributed by atoms with Gasteiger partial charge in [0.1, 0.15) is 5.82 Å². The number of aryl methyl sites for hydroxylation is 1. The minimum atomic E-state index is -1.46. The number of hydrogen-bond acceptors (Lipinski definition) is 6. The SMILES string of the molecule is C=C1C(=O)[C@](C)(C(=O)OC)[C@H](CCc2cn(Cc3ccccc3F)nn2)O[C@@H]1C. The highest BCUT2D eigenvalue weighted by molar-refractivity contribution is 6.13. The Balaban J connectivity index is 1.72. The standard InChI is InChI=1S/C21H24FN3O4/c1-13-14(2)29-18(21(3,19(13)26)20(27)28-4)10-9-16-12-25(24-23-16)11-15-7-5-6-8-17(15)22/h5-8,12,14,18H,1,9-11H2,2-4H3/t14-,18+,21-/m1/s1. The molecule has 0 saturated carbocycles. The van der Waals surface area contributed by atoms with E-state index >= 15 is 0 Å². The summed E-state index contributed by atoms with van der Waals surface area (Å²) in [5, 5.41) is 8.14. The lowest BCUT2D eigenvalue weighted by Gasteiger charge is -2.41. The second-order valence-electron chi connectivity index (χ2n) is 7.35. The van der Waals surface area contributed by atoms with Crippen molar-refractivity contribution in [1.29, 1.82) is 0 Å². The molecule has 3 rings (SSSR count). The molecule has 1 aromatic heterocycles. The number of carbonyl (C=O) groups excluding carboxylic acids is 2. The van der Waals surface area contributed by atoms with Crippen molar-refractivity contribution >= 4 is 11.8 Å². The number of benzene rings is 1. The van der Waals surface area contributed by atoms with Crippen molar-refractivity contribution in [2.75, 3.05) is 7.11 Å². The van der Waals surface area contributed by atoms with E-state index < -0.39 is 23.6 Å². The number of esters is 1. The Hall–Kier alpha value is -2.87. The molecule has 0 radical (unpaired) electrons. The number of methoxy groups -OCH3 is 1. The van der Waals surface area contributed by atoms with E-state index in [1.807, 2.05) is 0 Å². The first-order valence-corrected chi connectivity index (χ1v) is 9.37. The molecular weight excluding hydrogens is 377 g/mol. The summed E-state index contributed by atoms with van der Waals surface area (Å²) in [7, 11) is 1.24. The van der Waals surface area contributed by atoms with Crippen LogP contribution < -0.4 is 0 Å². The predicted octanol–water partition coefficient (Wildman–Crippen LogP) is 2.49. The zero-order chi connectivity index (χ0) is 21.2. The summed E-state index contributed by atoms with van der Waals surface area (Å²) in [6, 6.07) is 6.48. The molecule has 0 N–H and O–H groups in total. The minimum Gasteiger partial charge on any atom is -0.468 e. The first-order chi connectivity index (χ1) is 13.8. The van der Waals surface area contributed by atoms with Gasteiger partial charge in [-0.05, 0) is 32.8 Å². The lowest BCUT2D eigenvalue weighted by atomic mass is 9.72. The monoisotopic (exact) mass is 401 g/mol. The lowest BCUT2D eigenvalue weighted by molar-refractivity contribution is -0.175. The highest BCUT2D eigenvalue weighted by atomic mass is 19.1. The van der Waals surface area contributed by atoms with Gasteiger partial charge in [0.25, 0.3) is 0 Å². The number of hydrogen-bond donors (Lipinski definition) is 0.